The molecule has 2 bridgehead atoms. The van der Waals surface area contributed by atoms with Crippen LogP contribution in [0, 0.1) is 6.92 Å². The predicted molar refractivity (Wildman–Crippen MR) is 91.6 cm³/mol. The van der Waals surface area contributed by atoms with Gasteiger partial charge >= 0.3 is 6.09 Å². The largest absolute Gasteiger partial charge is 0.444 e. The van der Waals surface area contributed by atoms with Crippen LogP contribution in [0.4, 0.5) is 4.79 Å². The molecule has 2 atom stereocenters. The Bertz CT molecular complexity index is 592. The van der Waals surface area contributed by atoms with Gasteiger partial charge in [-0.3, -0.25) is 4.98 Å². The number of pyridine rings is 1. The number of rotatable bonds is 1. The van der Waals surface area contributed by atoms with E-state index in [1.165, 1.54) is 0 Å². The van der Waals surface area contributed by atoms with Crippen LogP contribution in [0.3, 0.4) is 0 Å². The summed E-state index contributed by atoms with van der Waals surface area (Å²) in [6.07, 6.45) is 5.54. The fourth-order valence-electron chi connectivity index (χ4n) is 4.02. The summed E-state index contributed by atoms with van der Waals surface area (Å²) < 4.78 is 5.60. The van der Waals surface area contributed by atoms with Crippen molar-refractivity contribution in [1.82, 2.24) is 9.88 Å². The van der Waals surface area contributed by atoms with Gasteiger partial charge in [-0.15, -0.1) is 0 Å². The minimum absolute atomic E-state index is 0.0265. The van der Waals surface area contributed by atoms with Crippen molar-refractivity contribution < 1.29 is 14.6 Å². The van der Waals surface area contributed by atoms with Crippen LogP contribution in [-0.4, -0.2) is 38.8 Å². The van der Waals surface area contributed by atoms with Crippen LogP contribution in [0.25, 0.3) is 0 Å². The van der Waals surface area contributed by atoms with Crippen molar-refractivity contribution in [1.29, 1.82) is 0 Å². The second kappa shape index (κ2) is 6.03. The van der Waals surface area contributed by atoms with E-state index < -0.39 is 11.2 Å². The Hall–Kier alpha value is -1.62. The maximum Gasteiger partial charge on any atom is 0.410 e. The Morgan fingerprint density at radius 3 is 2.42 bits per heavy atom. The van der Waals surface area contributed by atoms with Gasteiger partial charge in [0.25, 0.3) is 0 Å². The summed E-state index contributed by atoms with van der Waals surface area (Å²) in [4.78, 5) is 18.8. The molecule has 5 heteroatoms. The zero-order valence-electron chi connectivity index (χ0n) is 15.1. The minimum atomic E-state index is -0.908. The number of aryl methyl sites for hydroxylation is 1. The molecule has 1 N–H and O–H groups in total. The van der Waals surface area contributed by atoms with Crippen molar-refractivity contribution >= 4 is 6.09 Å². The maximum absolute atomic E-state index is 12.6. The van der Waals surface area contributed by atoms with Gasteiger partial charge in [-0.25, -0.2) is 4.79 Å². The number of amides is 1. The molecule has 2 unspecified atom stereocenters. The Morgan fingerprint density at radius 1 is 1.29 bits per heavy atom. The van der Waals surface area contributed by atoms with Crippen LogP contribution >= 0.6 is 0 Å². The van der Waals surface area contributed by atoms with Crippen molar-refractivity contribution in [3.8, 4) is 0 Å². The zero-order valence-corrected chi connectivity index (χ0v) is 15.1. The Morgan fingerprint density at radius 2 is 1.92 bits per heavy atom. The quantitative estimate of drug-likeness (QED) is 0.854. The molecule has 24 heavy (non-hydrogen) atoms. The number of piperidine rings is 2. The summed E-state index contributed by atoms with van der Waals surface area (Å²) in [5.74, 6) is 0. The summed E-state index contributed by atoms with van der Waals surface area (Å²) in [6, 6.07) is 3.95. The molecule has 1 aromatic rings. The Balaban J connectivity index is 1.82. The van der Waals surface area contributed by atoms with Crippen LogP contribution in [-0.2, 0) is 10.3 Å². The second-order valence-corrected chi connectivity index (χ2v) is 8.25. The predicted octanol–water partition coefficient (Wildman–Crippen LogP) is 3.53. The van der Waals surface area contributed by atoms with E-state index in [-0.39, 0.29) is 18.2 Å². The van der Waals surface area contributed by atoms with E-state index in [0.717, 1.165) is 30.5 Å². The average molecular weight is 332 g/mol. The van der Waals surface area contributed by atoms with Gasteiger partial charge in [-0.2, -0.15) is 0 Å². The average Bonchev–Trinajstić information content (AvgIpc) is 2.44. The zero-order chi connectivity index (χ0) is 17.5. The van der Waals surface area contributed by atoms with E-state index in [1.807, 2.05) is 44.7 Å². The standard InChI is InChI=1S/C19H28N2O3/c1-13-8-9-14(12-20-13)19(23)10-15-6-5-7-16(11-19)21(15)17(22)24-18(2,3)4/h8-9,12,15-16,23H,5-7,10-11H2,1-4H3. The van der Waals surface area contributed by atoms with Crippen LogP contribution in [0.2, 0.25) is 0 Å². The molecule has 0 aliphatic carbocycles. The third-order valence-corrected chi connectivity index (χ3v) is 5.06. The van der Waals surface area contributed by atoms with Crippen molar-refractivity contribution in [2.75, 3.05) is 0 Å². The number of hydrogen-bond acceptors (Lipinski definition) is 4. The number of hydrogen-bond donors (Lipinski definition) is 1. The van der Waals surface area contributed by atoms with E-state index in [1.54, 1.807) is 6.20 Å². The van der Waals surface area contributed by atoms with Crippen LogP contribution in [0.1, 0.15) is 64.1 Å². The first-order valence-electron chi connectivity index (χ1n) is 8.85. The lowest BCUT2D eigenvalue weighted by Gasteiger charge is -2.51. The molecular weight excluding hydrogens is 304 g/mol. The fraction of sp³-hybridized carbons (Fsp3) is 0.684. The van der Waals surface area contributed by atoms with Crippen molar-refractivity contribution in [3.63, 3.8) is 0 Å². The molecule has 132 valence electrons. The third kappa shape index (κ3) is 3.41. The maximum atomic E-state index is 12.6. The first kappa shape index (κ1) is 17.2. The Kier molecular flexibility index (Phi) is 4.32. The first-order valence-corrected chi connectivity index (χ1v) is 8.85. The molecule has 2 aliphatic rings. The number of carbonyl (C=O) groups excluding carboxylic acids is 1. The van der Waals surface area contributed by atoms with Gasteiger partial charge in [0.15, 0.2) is 0 Å². The summed E-state index contributed by atoms with van der Waals surface area (Å²) in [6.45, 7) is 7.60. The molecule has 1 aromatic heterocycles. The van der Waals surface area contributed by atoms with Gasteiger partial charge in [0.2, 0.25) is 0 Å². The molecule has 3 heterocycles. The third-order valence-electron chi connectivity index (χ3n) is 5.06. The number of fused-ring (bicyclic) bond motifs is 2. The fourth-order valence-corrected chi connectivity index (χ4v) is 4.02. The normalized spacial score (nSPS) is 30.1. The molecule has 0 saturated carbocycles. The number of ether oxygens (including phenoxy) is 1. The van der Waals surface area contributed by atoms with Gasteiger partial charge in [0.05, 0.1) is 5.60 Å². The summed E-state index contributed by atoms with van der Waals surface area (Å²) in [5, 5.41) is 11.3. The number of aromatic nitrogens is 1. The van der Waals surface area contributed by atoms with E-state index in [0.29, 0.717) is 12.8 Å². The van der Waals surface area contributed by atoms with E-state index >= 15 is 0 Å². The van der Waals surface area contributed by atoms with Crippen molar-refractivity contribution in [2.45, 2.75) is 83.1 Å². The lowest BCUT2D eigenvalue weighted by atomic mass is 9.73. The molecule has 2 fully saturated rings. The van der Waals surface area contributed by atoms with Gasteiger partial charge in [-0.1, -0.05) is 6.07 Å². The highest BCUT2D eigenvalue weighted by molar-refractivity contribution is 5.69. The van der Waals surface area contributed by atoms with E-state index in [4.69, 9.17) is 4.74 Å². The summed E-state index contributed by atoms with van der Waals surface area (Å²) in [7, 11) is 0. The number of carbonyl (C=O) groups is 1. The number of nitrogens with zero attached hydrogens (tertiary/aromatic N) is 2. The highest BCUT2D eigenvalue weighted by Gasteiger charge is 2.49. The highest BCUT2D eigenvalue weighted by atomic mass is 16.6. The van der Waals surface area contributed by atoms with Crippen molar-refractivity contribution in [3.05, 3.63) is 29.6 Å². The monoisotopic (exact) mass is 332 g/mol. The SMILES string of the molecule is Cc1ccc(C2(O)CC3CCCC(C2)N3C(=O)OC(C)(C)C)cn1. The molecule has 5 nitrogen and oxygen atoms in total. The molecular formula is C19H28N2O3. The molecule has 0 spiro atoms. The molecule has 1 amide bonds. The van der Waals surface area contributed by atoms with E-state index in [2.05, 4.69) is 4.98 Å². The summed E-state index contributed by atoms with van der Waals surface area (Å²) in [5.41, 5.74) is 0.386. The van der Waals surface area contributed by atoms with Crippen LogP contribution in [0.5, 0.6) is 0 Å². The smallest absolute Gasteiger partial charge is 0.410 e. The van der Waals surface area contributed by atoms with Gasteiger partial charge in [0.1, 0.15) is 5.60 Å². The van der Waals surface area contributed by atoms with Crippen LogP contribution in [0.15, 0.2) is 18.3 Å². The van der Waals surface area contributed by atoms with Crippen molar-refractivity contribution in [2.24, 2.45) is 0 Å². The van der Waals surface area contributed by atoms with Gasteiger partial charge < -0.3 is 14.7 Å². The lowest BCUT2D eigenvalue weighted by Crippen LogP contribution is -2.59. The number of aliphatic hydroxyl groups is 1. The lowest BCUT2D eigenvalue weighted by molar-refractivity contribution is -0.0966. The molecule has 3 rings (SSSR count). The topological polar surface area (TPSA) is 62.7 Å². The van der Waals surface area contributed by atoms with E-state index in [9.17, 15) is 9.90 Å². The first-order chi connectivity index (χ1) is 11.2. The second-order valence-electron chi connectivity index (χ2n) is 8.25. The van der Waals surface area contributed by atoms with Gasteiger partial charge in [0, 0.05) is 42.4 Å². The molecule has 0 radical (unpaired) electrons. The summed E-state index contributed by atoms with van der Waals surface area (Å²) >= 11 is 0. The molecule has 2 saturated heterocycles. The Labute approximate surface area is 144 Å². The minimum Gasteiger partial charge on any atom is -0.444 e. The molecule has 2 aliphatic heterocycles. The highest BCUT2D eigenvalue weighted by Crippen LogP contribution is 2.44. The molecule has 0 aromatic carbocycles. The van der Waals surface area contributed by atoms with Crippen LogP contribution < -0.4 is 0 Å². The van der Waals surface area contributed by atoms with Gasteiger partial charge in [-0.05, 0) is 53.0 Å².